The Balaban J connectivity index is 1.55. The van der Waals surface area contributed by atoms with Gasteiger partial charge in [0.25, 0.3) is 5.56 Å². The lowest BCUT2D eigenvalue weighted by atomic mass is 9.93. The smallest absolute Gasteiger partial charge is 0.309 e. The molecule has 5 rings (SSSR count). The van der Waals surface area contributed by atoms with Crippen LogP contribution < -0.4 is 10.3 Å². The van der Waals surface area contributed by atoms with Gasteiger partial charge in [0.15, 0.2) is 5.82 Å². The third kappa shape index (κ3) is 4.86. The highest BCUT2D eigenvalue weighted by Crippen LogP contribution is 2.35. The zero-order valence-corrected chi connectivity index (χ0v) is 21.0. The summed E-state index contributed by atoms with van der Waals surface area (Å²) in [6.45, 7) is 6.00. The van der Waals surface area contributed by atoms with Crippen LogP contribution in [0.25, 0.3) is 10.9 Å². The third-order valence-electron chi connectivity index (χ3n) is 7.40. The molecule has 3 aromatic rings. The number of pyridine rings is 1. The van der Waals surface area contributed by atoms with Gasteiger partial charge >= 0.3 is 5.97 Å². The van der Waals surface area contributed by atoms with Crippen molar-refractivity contribution in [3.8, 4) is 5.75 Å². The Hall–Kier alpha value is -3.27. The zero-order chi connectivity index (χ0) is 25.1. The molecule has 1 saturated heterocycles. The first-order valence-electron chi connectivity index (χ1n) is 13.1. The molecule has 192 valence electrons. The van der Waals surface area contributed by atoms with E-state index in [1.165, 1.54) is 0 Å². The van der Waals surface area contributed by atoms with Crippen molar-refractivity contribution in [1.82, 2.24) is 30.1 Å². The first-order chi connectivity index (χ1) is 17.6. The maximum atomic E-state index is 13.4. The summed E-state index contributed by atoms with van der Waals surface area (Å²) in [7, 11) is 0. The minimum Gasteiger partial charge on any atom is -0.494 e. The molecule has 10 nitrogen and oxygen atoms in total. The number of carbonyl (C=O) groups is 1. The molecule has 0 unspecified atom stereocenters. The van der Waals surface area contributed by atoms with Crippen LogP contribution in [0.2, 0.25) is 0 Å². The molecule has 10 heteroatoms. The quantitative estimate of drug-likeness (QED) is 0.474. The first-order valence-corrected chi connectivity index (χ1v) is 13.1. The molecule has 3 heterocycles. The van der Waals surface area contributed by atoms with E-state index in [1.54, 1.807) is 0 Å². The number of aromatic nitrogens is 5. The van der Waals surface area contributed by atoms with Gasteiger partial charge in [-0.3, -0.25) is 14.5 Å². The van der Waals surface area contributed by atoms with Crippen LogP contribution >= 0.6 is 0 Å². The number of hydrogen-bond donors (Lipinski definition) is 1. The van der Waals surface area contributed by atoms with Crippen LogP contribution in [0.15, 0.2) is 29.1 Å². The number of nitrogens with zero attached hydrogens (tertiary/aromatic N) is 5. The lowest BCUT2D eigenvalue weighted by Gasteiger charge is -2.36. The number of esters is 1. The Kier molecular flexibility index (Phi) is 7.31. The summed E-state index contributed by atoms with van der Waals surface area (Å²) in [5.41, 5.74) is 1.19. The predicted molar refractivity (Wildman–Crippen MR) is 134 cm³/mol. The normalized spacial score (nSPS) is 18.5. The van der Waals surface area contributed by atoms with Crippen molar-refractivity contribution in [1.29, 1.82) is 0 Å². The Morgan fingerprint density at radius 3 is 2.61 bits per heavy atom. The monoisotopic (exact) mass is 494 g/mol. The van der Waals surface area contributed by atoms with E-state index in [0.717, 1.165) is 42.3 Å². The van der Waals surface area contributed by atoms with Crippen LogP contribution in [0.1, 0.15) is 75.8 Å². The van der Waals surface area contributed by atoms with Gasteiger partial charge in [0, 0.05) is 29.6 Å². The molecule has 0 bridgehead atoms. The highest BCUT2D eigenvalue weighted by molar-refractivity contribution is 5.80. The molecule has 2 aliphatic rings. The van der Waals surface area contributed by atoms with Crippen LogP contribution in [-0.2, 0) is 9.53 Å². The van der Waals surface area contributed by atoms with E-state index in [9.17, 15) is 9.59 Å². The van der Waals surface area contributed by atoms with Crippen LogP contribution in [0.3, 0.4) is 0 Å². The Morgan fingerprint density at radius 2 is 1.89 bits per heavy atom. The van der Waals surface area contributed by atoms with Crippen molar-refractivity contribution >= 4 is 16.9 Å². The van der Waals surface area contributed by atoms with Crippen LogP contribution in [0.5, 0.6) is 5.75 Å². The van der Waals surface area contributed by atoms with E-state index >= 15 is 0 Å². The third-order valence-corrected chi connectivity index (χ3v) is 7.40. The maximum absolute atomic E-state index is 13.4. The second kappa shape index (κ2) is 10.8. The average Bonchev–Trinajstić information content (AvgIpc) is 3.58. The molecule has 1 aliphatic carbocycles. The highest BCUT2D eigenvalue weighted by Gasteiger charge is 2.36. The van der Waals surface area contributed by atoms with E-state index in [1.807, 2.05) is 42.8 Å². The molecule has 1 N–H and O–H groups in total. The number of hydrogen-bond acceptors (Lipinski definition) is 8. The Bertz CT molecular complexity index is 1260. The van der Waals surface area contributed by atoms with Crippen molar-refractivity contribution in [3.63, 3.8) is 0 Å². The fraction of sp³-hybridized carbons (Fsp3) is 0.577. The minimum absolute atomic E-state index is 0.128. The SMILES string of the molecule is CCOC(=O)C1CCN([C@@H](c2cc3cc(OCC)ccc3[nH]c2=O)c2nnnn2C2CCCC2)CC1. The summed E-state index contributed by atoms with van der Waals surface area (Å²) < 4.78 is 12.9. The molecule has 0 spiro atoms. The second-order valence-corrected chi connectivity index (χ2v) is 9.62. The summed E-state index contributed by atoms with van der Waals surface area (Å²) in [4.78, 5) is 31.1. The van der Waals surface area contributed by atoms with Crippen molar-refractivity contribution in [2.75, 3.05) is 26.3 Å². The largest absolute Gasteiger partial charge is 0.494 e. The summed E-state index contributed by atoms with van der Waals surface area (Å²) in [5.74, 6) is 1.17. The minimum atomic E-state index is -0.423. The van der Waals surface area contributed by atoms with Gasteiger partial charge in [-0.05, 0) is 74.2 Å². The lowest BCUT2D eigenvalue weighted by Crippen LogP contribution is -2.42. The van der Waals surface area contributed by atoms with E-state index in [-0.39, 0.29) is 23.5 Å². The summed E-state index contributed by atoms with van der Waals surface area (Å²) >= 11 is 0. The molecule has 0 radical (unpaired) electrons. The summed E-state index contributed by atoms with van der Waals surface area (Å²) in [6.07, 6.45) is 5.69. The molecule has 36 heavy (non-hydrogen) atoms. The number of aromatic amines is 1. The molecule has 2 fully saturated rings. The maximum Gasteiger partial charge on any atom is 0.309 e. The van der Waals surface area contributed by atoms with Gasteiger partial charge in [-0.1, -0.05) is 12.8 Å². The fourth-order valence-corrected chi connectivity index (χ4v) is 5.60. The molecular formula is C26H34N6O4. The van der Waals surface area contributed by atoms with Gasteiger partial charge in [0.2, 0.25) is 0 Å². The molecule has 1 saturated carbocycles. The fourth-order valence-electron chi connectivity index (χ4n) is 5.60. The van der Waals surface area contributed by atoms with Crippen molar-refractivity contribution in [3.05, 3.63) is 46.0 Å². The van der Waals surface area contributed by atoms with Crippen molar-refractivity contribution in [2.45, 2.75) is 64.5 Å². The van der Waals surface area contributed by atoms with Crippen molar-refractivity contribution < 1.29 is 14.3 Å². The topological polar surface area (TPSA) is 115 Å². The molecule has 0 amide bonds. The standard InChI is InChI=1S/C26H34N6O4/c1-3-35-20-9-10-22-18(15-20)16-21(25(33)27-22)23(24-28-29-30-32(24)19-7-5-6-8-19)31-13-11-17(12-14-31)26(34)36-4-2/h9-10,15-17,19,23H,3-8,11-14H2,1-2H3,(H,27,33)/t23-/m0/s1. The molecule has 1 atom stereocenters. The second-order valence-electron chi connectivity index (χ2n) is 9.62. The van der Waals surface area contributed by atoms with E-state index in [2.05, 4.69) is 25.4 Å². The summed E-state index contributed by atoms with van der Waals surface area (Å²) in [5, 5.41) is 13.7. The predicted octanol–water partition coefficient (Wildman–Crippen LogP) is 3.39. The number of likely N-dealkylation sites (tertiary alicyclic amines) is 1. The number of tetrazole rings is 1. The van der Waals surface area contributed by atoms with Crippen LogP contribution in [0.4, 0.5) is 0 Å². The van der Waals surface area contributed by atoms with Gasteiger partial charge in [-0.25, -0.2) is 4.68 Å². The van der Waals surface area contributed by atoms with Gasteiger partial charge in [-0.2, -0.15) is 0 Å². The van der Waals surface area contributed by atoms with Gasteiger partial charge in [-0.15, -0.1) is 5.10 Å². The number of piperidine rings is 1. The van der Waals surface area contributed by atoms with E-state index < -0.39 is 6.04 Å². The average molecular weight is 495 g/mol. The Morgan fingerprint density at radius 1 is 1.11 bits per heavy atom. The van der Waals surface area contributed by atoms with Crippen molar-refractivity contribution in [2.24, 2.45) is 5.92 Å². The number of rotatable bonds is 8. The first kappa shape index (κ1) is 24.4. The molecule has 1 aliphatic heterocycles. The van der Waals surface area contributed by atoms with E-state index in [4.69, 9.17) is 9.47 Å². The highest BCUT2D eigenvalue weighted by atomic mass is 16.5. The van der Waals surface area contributed by atoms with Gasteiger partial charge in [0.1, 0.15) is 11.8 Å². The number of H-pyrrole nitrogens is 1. The van der Waals surface area contributed by atoms with Gasteiger partial charge in [0.05, 0.1) is 25.2 Å². The van der Waals surface area contributed by atoms with Crippen LogP contribution in [0, 0.1) is 5.92 Å². The molecular weight excluding hydrogens is 460 g/mol. The number of benzene rings is 1. The number of nitrogens with one attached hydrogen (secondary N) is 1. The summed E-state index contributed by atoms with van der Waals surface area (Å²) in [6, 6.07) is 7.42. The van der Waals surface area contributed by atoms with Gasteiger partial charge < -0.3 is 14.5 Å². The molecule has 2 aromatic heterocycles. The number of ether oxygens (including phenoxy) is 2. The van der Waals surface area contributed by atoms with Crippen LogP contribution in [-0.4, -0.2) is 62.4 Å². The molecule has 1 aromatic carbocycles. The Labute approximate surface area is 210 Å². The van der Waals surface area contributed by atoms with E-state index in [0.29, 0.717) is 50.5 Å². The zero-order valence-electron chi connectivity index (χ0n) is 21.0. The number of carbonyl (C=O) groups excluding carboxylic acids is 1. The lowest BCUT2D eigenvalue weighted by molar-refractivity contribution is -0.149. The number of fused-ring (bicyclic) bond motifs is 1.